The molecular weight excluding hydrogens is 308 g/mol. The summed E-state index contributed by atoms with van der Waals surface area (Å²) in [6.45, 7) is 2.04. The van der Waals surface area contributed by atoms with Gasteiger partial charge in [0.2, 0.25) is 0 Å². The molecule has 2 rings (SSSR count). The third kappa shape index (κ3) is 5.51. The number of ether oxygens (including phenoxy) is 4. The van der Waals surface area contributed by atoms with Crippen LogP contribution in [0.3, 0.4) is 0 Å². The number of carbonyl (C=O) groups excluding carboxylic acids is 1. The Hall–Kier alpha value is -2.11. The summed E-state index contributed by atoms with van der Waals surface area (Å²) in [7, 11) is 3.24. The van der Waals surface area contributed by atoms with E-state index in [1.54, 1.807) is 20.3 Å². The first-order valence-electron chi connectivity index (χ1n) is 8.03. The largest absolute Gasteiger partial charge is 0.493 e. The van der Waals surface area contributed by atoms with Crippen LogP contribution in [0.1, 0.15) is 18.4 Å². The fourth-order valence-electron chi connectivity index (χ4n) is 2.35. The molecule has 0 saturated carbocycles. The lowest BCUT2D eigenvalue weighted by Gasteiger charge is -2.12. The standard InChI is InChI=1S/C19H24O5/c1-21-9-10-23-11-12-24-18-8-7-15(14-19(18)22-2)13-16-5-3-4-6-17(16)20/h4,6-8,13-14H,3,5,9-12H2,1-2H3/b16-13+. The van der Waals surface area contributed by atoms with Crippen LogP contribution in [0.25, 0.3) is 6.08 Å². The van der Waals surface area contributed by atoms with E-state index >= 15 is 0 Å². The van der Waals surface area contributed by atoms with Crippen LogP contribution in [0.4, 0.5) is 0 Å². The van der Waals surface area contributed by atoms with Crippen LogP contribution >= 0.6 is 0 Å². The molecule has 24 heavy (non-hydrogen) atoms. The minimum atomic E-state index is 0.0775. The highest BCUT2D eigenvalue weighted by Gasteiger charge is 2.11. The lowest BCUT2D eigenvalue weighted by molar-refractivity contribution is -0.111. The Morgan fingerprint density at radius 1 is 1.08 bits per heavy atom. The van der Waals surface area contributed by atoms with Crippen molar-refractivity contribution in [2.75, 3.05) is 40.6 Å². The van der Waals surface area contributed by atoms with Gasteiger partial charge in [-0.15, -0.1) is 0 Å². The molecule has 0 saturated heterocycles. The molecule has 0 N–H and O–H groups in total. The van der Waals surface area contributed by atoms with Gasteiger partial charge < -0.3 is 18.9 Å². The zero-order chi connectivity index (χ0) is 17.2. The van der Waals surface area contributed by atoms with E-state index < -0.39 is 0 Å². The Bertz CT molecular complexity index is 604. The van der Waals surface area contributed by atoms with Gasteiger partial charge in [-0.1, -0.05) is 12.1 Å². The van der Waals surface area contributed by atoms with E-state index in [0.717, 1.165) is 24.0 Å². The van der Waals surface area contributed by atoms with E-state index in [1.807, 2.05) is 30.4 Å². The number of ketones is 1. The molecule has 130 valence electrons. The number of allylic oxidation sites excluding steroid dienone is 3. The van der Waals surface area contributed by atoms with Crippen molar-refractivity contribution < 1.29 is 23.7 Å². The third-order valence-electron chi connectivity index (χ3n) is 3.61. The van der Waals surface area contributed by atoms with Gasteiger partial charge >= 0.3 is 0 Å². The molecule has 0 spiro atoms. The molecule has 0 fully saturated rings. The summed E-state index contributed by atoms with van der Waals surface area (Å²) in [5.74, 6) is 1.37. The van der Waals surface area contributed by atoms with Crippen LogP contribution in [0.2, 0.25) is 0 Å². The topological polar surface area (TPSA) is 54.0 Å². The van der Waals surface area contributed by atoms with Crippen molar-refractivity contribution in [1.29, 1.82) is 0 Å². The number of methoxy groups -OCH3 is 2. The summed E-state index contributed by atoms with van der Waals surface area (Å²) in [4.78, 5) is 11.8. The van der Waals surface area contributed by atoms with Gasteiger partial charge in [-0.3, -0.25) is 4.79 Å². The summed E-state index contributed by atoms with van der Waals surface area (Å²) in [6, 6.07) is 5.64. The maximum Gasteiger partial charge on any atom is 0.181 e. The van der Waals surface area contributed by atoms with Gasteiger partial charge in [0.1, 0.15) is 6.61 Å². The van der Waals surface area contributed by atoms with Crippen LogP contribution in [-0.4, -0.2) is 46.4 Å². The molecule has 0 aromatic heterocycles. The number of carbonyl (C=O) groups is 1. The van der Waals surface area contributed by atoms with Gasteiger partial charge in [-0.25, -0.2) is 0 Å². The average molecular weight is 332 g/mol. The molecule has 5 heteroatoms. The smallest absolute Gasteiger partial charge is 0.181 e. The van der Waals surface area contributed by atoms with Crippen LogP contribution in [-0.2, 0) is 14.3 Å². The molecule has 0 radical (unpaired) electrons. The molecule has 0 heterocycles. The fourth-order valence-corrected chi connectivity index (χ4v) is 2.35. The van der Waals surface area contributed by atoms with Crippen LogP contribution in [0.15, 0.2) is 35.9 Å². The summed E-state index contributed by atoms with van der Waals surface area (Å²) in [6.07, 6.45) is 7.12. The molecule has 0 amide bonds. The molecule has 1 aliphatic rings. The maximum atomic E-state index is 11.8. The predicted molar refractivity (Wildman–Crippen MR) is 92.5 cm³/mol. The van der Waals surface area contributed by atoms with Crippen LogP contribution in [0, 0.1) is 0 Å². The second-order valence-electron chi connectivity index (χ2n) is 5.34. The van der Waals surface area contributed by atoms with Crippen molar-refractivity contribution in [1.82, 2.24) is 0 Å². The summed E-state index contributed by atoms with van der Waals surface area (Å²) >= 11 is 0. The van der Waals surface area contributed by atoms with Gasteiger partial charge in [-0.2, -0.15) is 0 Å². The maximum absolute atomic E-state index is 11.8. The van der Waals surface area contributed by atoms with Gasteiger partial charge in [0, 0.05) is 12.7 Å². The number of benzene rings is 1. The van der Waals surface area contributed by atoms with E-state index in [1.165, 1.54) is 0 Å². The molecule has 1 aromatic rings. The average Bonchev–Trinajstić information content (AvgIpc) is 2.60. The second-order valence-corrected chi connectivity index (χ2v) is 5.34. The van der Waals surface area contributed by atoms with Crippen molar-refractivity contribution in [2.24, 2.45) is 0 Å². The van der Waals surface area contributed by atoms with Gasteiger partial charge in [-0.05, 0) is 42.7 Å². The number of hydrogen-bond acceptors (Lipinski definition) is 5. The first-order chi connectivity index (χ1) is 11.7. The lowest BCUT2D eigenvalue weighted by atomic mass is 9.97. The van der Waals surface area contributed by atoms with E-state index in [-0.39, 0.29) is 5.78 Å². The third-order valence-corrected chi connectivity index (χ3v) is 3.61. The molecule has 0 bridgehead atoms. The van der Waals surface area contributed by atoms with Gasteiger partial charge in [0.15, 0.2) is 17.3 Å². The molecule has 0 aliphatic heterocycles. The van der Waals surface area contributed by atoms with E-state index in [9.17, 15) is 4.79 Å². The first kappa shape index (κ1) is 18.2. The Balaban J connectivity index is 1.96. The lowest BCUT2D eigenvalue weighted by Crippen LogP contribution is -2.10. The molecule has 1 aliphatic carbocycles. The van der Waals surface area contributed by atoms with Crippen LogP contribution in [0.5, 0.6) is 11.5 Å². The van der Waals surface area contributed by atoms with Crippen molar-refractivity contribution in [3.8, 4) is 11.5 Å². The highest BCUT2D eigenvalue weighted by molar-refractivity contribution is 6.07. The highest BCUT2D eigenvalue weighted by atomic mass is 16.5. The van der Waals surface area contributed by atoms with Crippen molar-refractivity contribution in [2.45, 2.75) is 12.8 Å². The molecule has 5 nitrogen and oxygen atoms in total. The normalized spacial score (nSPS) is 15.8. The zero-order valence-electron chi connectivity index (χ0n) is 14.2. The molecular formula is C19H24O5. The number of hydrogen-bond donors (Lipinski definition) is 0. The van der Waals surface area contributed by atoms with Crippen molar-refractivity contribution in [3.63, 3.8) is 0 Å². The Morgan fingerprint density at radius 2 is 1.92 bits per heavy atom. The minimum Gasteiger partial charge on any atom is -0.493 e. The van der Waals surface area contributed by atoms with Gasteiger partial charge in [0.25, 0.3) is 0 Å². The first-order valence-corrected chi connectivity index (χ1v) is 8.03. The Kier molecular flexibility index (Phi) is 7.52. The molecule has 1 aromatic carbocycles. The van der Waals surface area contributed by atoms with Crippen LogP contribution < -0.4 is 9.47 Å². The van der Waals surface area contributed by atoms with E-state index in [0.29, 0.717) is 37.9 Å². The zero-order valence-corrected chi connectivity index (χ0v) is 14.2. The highest BCUT2D eigenvalue weighted by Crippen LogP contribution is 2.29. The Labute approximate surface area is 142 Å². The number of rotatable bonds is 9. The van der Waals surface area contributed by atoms with E-state index in [4.69, 9.17) is 18.9 Å². The second kappa shape index (κ2) is 9.90. The summed E-state index contributed by atoms with van der Waals surface area (Å²) in [5, 5.41) is 0. The van der Waals surface area contributed by atoms with Gasteiger partial charge in [0.05, 0.1) is 26.9 Å². The molecule has 0 atom stereocenters. The minimum absolute atomic E-state index is 0.0775. The summed E-state index contributed by atoms with van der Waals surface area (Å²) < 4.78 is 21.3. The quantitative estimate of drug-likeness (QED) is 0.514. The van der Waals surface area contributed by atoms with Crippen molar-refractivity contribution >= 4 is 11.9 Å². The fraction of sp³-hybridized carbons (Fsp3) is 0.421. The van der Waals surface area contributed by atoms with Crippen molar-refractivity contribution in [3.05, 3.63) is 41.5 Å². The molecule has 0 unspecified atom stereocenters. The van der Waals surface area contributed by atoms with E-state index in [2.05, 4.69) is 0 Å². The SMILES string of the molecule is COCCOCCOc1ccc(/C=C2\CCC=CC2=O)cc1OC. The Morgan fingerprint density at radius 3 is 2.67 bits per heavy atom. The monoisotopic (exact) mass is 332 g/mol. The predicted octanol–water partition coefficient (Wildman–Crippen LogP) is 3.04. The summed E-state index contributed by atoms with van der Waals surface area (Å²) in [5.41, 5.74) is 1.74.